The normalized spacial score (nSPS) is 11.6. The van der Waals surface area contributed by atoms with Gasteiger partial charge in [-0.25, -0.2) is 8.42 Å². The van der Waals surface area contributed by atoms with Crippen LogP contribution in [0.3, 0.4) is 0 Å². The van der Waals surface area contributed by atoms with Gasteiger partial charge in [-0.1, -0.05) is 12.2 Å². The summed E-state index contributed by atoms with van der Waals surface area (Å²) >= 11 is 1.35. The smallest absolute Gasteiger partial charge is 0.244 e. The fraction of sp³-hybridized carbons (Fsp3) is 0.273. The van der Waals surface area contributed by atoms with E-state index in [1.54, 1.807) is 23.6 Å². The summed E-state index contributed by atoms with van der Waals surface area (Å²) in [5.74, 6) is 0. The molecule has 1 heterocycles. The lowest BCUT2D eigenvalue weighted by Gasteiger charge is -2.18. The molecule has 0 atom stereocenters. The second-order valence-corrected chi connectivity index (χ2v) is 6.22. The Morgan fingerprint density at radius 2 is 1.94 bits per heavy atom. The van der Waals surface area contributed by atoms with Gasteiger partial charge in [0, 0.05) is 24.5 Å². The fourth-order valence-electron chi connectivity index (χ4n) is 1.41. The van der Waals surface area contributed by atoms with Crippen molar-refractivity contribution < 1.29 is 8.42 Å². The summed E-state index contributed by atoms with van der Waals surface area (Å²) in [6, 6.07) is 1.58. The Labute approximate surface area is 106 Å². The van der Waals surface area contributed by atoms with Gasteiger partial charge in [0.2, 0.25) is 10.0 Å². The Morgan fingerprint density at radius 3 is 2.41 bits per heavy atom. The number of hydrogen-bond acceptors (Lipinski definition) is 4. The van der Waals surface area contributed by atoms with Crippen LogP contribution in [0, 0.1) is 0 Å². The zero-order valence-electron chi connectivity index (χ0n) is 9.50. The largest absolute Gasteiger partial charge is 0.326 e. The lowest BCUT2D eigenvalue weighted by Crippen LogP contribution is -2.31. The van der Waals surface area contributed by atoms with Crippen molar-refractivity contribution in [1.82, 2.24) is 4.31 Å². The van der Waals surface area contributed by atoms with Crippen LogP contribution < -0.4 is 5.73 Å². The van der Waals surface area contributed by atoms with Crippen molar-refractivity contribution in [2.75, 3.05) is 13.1 Å². The Morgan fingerprint density at radius 1 is 1.35 bits per heavy atom. The van der Waals surface area contributed by atoms with Gasteiger partial charge in [0.15, 0.2) is 0 Å². The molecule has 17 heavy (non-hydrogen) atoms. The Bertz CT molecular complexity index is 481. The number of sulfonamides is 1. The highest BCUT2D eigenvalue weighted by Crippen LogP contribution is 2.24. The molecule has 1 aromatic heterocycles. The van der Waals surface area contributed by atoms with E-state index in [1.165, 1.54) is 15.6 Å². The zero-order chi connectivity index (χ0) is 12.9. The van der Waals surface area contributed by atoms with E-state index in [0.29, 0.717) is 4.88 Å². The van der Waals surface area contributed by atoms with Crippen LogP contribution in [-0.2, 0) is 16.6 Å². The van der Waals surface area contributed by atoms with Gasteiger partial charge in [0.1, 0.15) is 0 Å². The van der Waals surface area contributed by atoms with Crippen molar-refractivity contribution in [3.63, 3.8) is 0 Å². The molecule has 4 nitrogen and oxygen atoms in total. The summed E-state index contributed by atoms with van der Waals surface area (Å²) < 4.78 is 26.0. The molecule has 0 unspecified atom stereocenters. The number of nitrogens with two attached hydrogens (primary N) is 1. The van der Waals surface area contributed by atoms with Gasteiger partial charge in [0.05, 0.1) is 4.90 Å². The predicted octanol–water partition coefficient (Wildman–Crippen LogP) is 1.57. The number of hydrogen-bond donors (Lipinski definition) is 1. The Kier molecular flexibility index (Phi) is 5.07. The van der Waals surface area contributed by atoms with Crippen LogP contribution in [0.25, 0.3) is 0 Å². The molecule has 1 rings (SSSR count). The van der Waals surface area contributed by atoms with Gasteiger partial charge in [-0.2, -0.15) is 4.31 Å². The van der Waals surface area contributed by atoms with E-state index in [9.17, 15) is 8.42 Å². The fourth-order valence-corrected chi connectivity index (χ4v) is 4.09. The lowest BCUT2D eigenvalue weighted by molar-refractivity contribution is 0.474. The molecule has 0 fully saturated rings. The van der Waals surface area contributed by atoms with Gasteiger partial charge < -0.3 is 5.73 Å². The third kappa shape index (κ3) is 3.04. The first-order valence-electron chi connectivity index (χ1n) is 5.06. The van der Waals surface area contributed by atoms with Crippen LogP contribution in [0.2, 0.25) is 0 Å². The first-order chi connectivity index (χ1) is 8.07. The van der Waals surface area contributed by atoms with E-state index in [-0.39, 0.29) is 24.5 Å². The van der Waals surface area contributed by atoms with E-state index >= 15 is 0 Å². The van der Waals surface area contributed by atoms with E-state index in [2.05, 4.69) is 13.2 Å². The molecule has 0 saturated carbocycles. The standard InChI is InChI=1S/C11H16N2O2S2/c1-3-6-13(7-4-2)17(14,15)11-5-8-16-10(11)9-12/h3-5,8H,1-2,6-7,9,12H2. The molecule has 0 spiro atoms. The van der Waals surface area contributed by atoms with Gasteiger partial charge >= 0.3 is 0 Å². The first kappa shape index (κ1) is 14.1. The summed E-state index contributed by atoms with van der Waals surface area (Å²) in [6.07, 6.45) is 3.10. The number of thiophene rings is 1. The molecule has 6 heteroatoms. The van der Waals surface area contributed by atoms with Crippen molar-refractivity contribution in [3.8, 4) is 0 Å². The topological polar surface area (TPSA) is 63.4 Å². The van der Waals surface area contributed by atoms with Crippen molar-refractivity contribution >= 4 is 21.4 Å². The van der Waals surface area contributed by atoms with Crippen LogP contribution in [0.1, 0.15) is 4.88 Å². The number of rotatable bonds is 7. The van der Waals surface area contributed by atoms with E-state index in [1.807, 2.05) is 0 Å². The SMILES string of the molecule is C=CCN(CC=C)S(=O)(=O)c1ccsc1CN. The molecular weight excluding hydrogens is 256 g/mol. The van der Waals surface area contributed by atoms with Gasteiger partial charge in [-0.15, -0.1) is 24.5 Å². The maximum absolute atomic E-state index is 12.3. The van der Waals surface area contributed by atoms with Gasteiger partial charge in [-0.3, -0.25) is 0 Å². The Hall–Kier alpha value is -0.950. The summed E-state index contributed by atoms with van der Waals surface area (Å²) in [5, 5.41) is 1.73. The molecule has 2 N–H and O–H groups in total. The Balaban J connectivity index is 3.15. The van der Waals surface area contributed by atoms with Crippen molar-refractivity contribution in [2.24, 2.45) is 5.73 Å². The van der Waals surface area contributed by atoms with Crippen LogP contribution >= 0.6 is 11.3 Å². The second-order valence-electron chi connectivity index (χ2n) is 3.31. The maximum atomic E-state index is 12.3. The van der Waals surface area contributed by atoms with Crippen molar-refractivity contribution in [1.29, 1.82) is 0 Å². The lowest BCUT2D eigenvalue weighted by atomic mass is 10.5. The molecule has 0 aliphatic heterocycles. The molecule has 0 amide bonds. The van der Waals surface area contributed by atoms with Gasteiger partial charge in [-0.05, 0) is 11.4 Å². The molecule has 0 aliphatic rings. The molecule has 0 bridgehead atoms. The third-order valence-electron chi connectivity index (χ3n) is 2.17. The molecular formula is C11H16N2O2S2. The molecule has 94 valence electrons. The quantitative estimate of drug-likeness (QED) is 0.766. The summed E-state index contributed by atoms with van der Waals surface area (Å²) in [7, 11) is -3.50. The predicted molar refractivity (Wildman–Crippen MR) is 71.4 cm³/mol. The highest BCUT2D eigenvalue weighted by atomic mass is 32.2. The third-order valence-corrected chi connectivity index (χ3v) is 5.16. The van der Waals surface area contributed by atoms with Crippen molar-refractivity contribution in [2.45, 2.75) is 11.4 Å². The molecule has 0 aromatic carbocycles. The minimum absolute atomic E-state index is 0.224. The average Bonchev–Trinajstić information content (AvgIpc) is 2.77. The second kappa shape index (κ2) is 6.11. The van der Waals surface area contributed by atoms with E-state index in [4.69, 9.17) is 5.73 Å². The average molecular weight is 272 g/mol. The highest BCUT2D eigenvalue weighted by Gasteiger charge is 2.25. The molecule has 0 radical (unpaired) electrons. The zero-order valence-corrected chi connectivity index (χ0v) is 11.1. The molecule has 1 aromatic rings. The van der Waals surface area contributed by atoms with Crippen molar-refractivity contribution in [3.05, 3.63) is 41.6 Å². The first-order valence-corrected chi connectivity index (χ1v) is 7.38. The van der Waals surface area contributed by atoms with Crippen LogP contribution in [0.15, 0.2) is 41.7 Å². The minimum Gasteiger partial charge on any atom is -0.326 e. The molecule has 0 saturated heterocycles. The van der Waals surface area contributed by atoms with E-state index in [0.717, 1.165) is 0 Å². The van der Waals surface area contributed by atoms with Gasteiger partial charge in [0.25, 0.3) is 0 Å². The summed E-state index contributed by atoms with van der Waals surface area (Å²) in [4.78, 5) is 0.955. The number of nitrogens with zero attached hydrogens (tertiary/aromatic N) is 1. The monoisotopic (exact) mass is 272 g/mol. The minimum atomic E-state index is -3.50. The van der Waals surface area contributed by atoms with Crippen LogP contribution in [-0.4, -0.2) is 25.8 Å². The summed E-state index contributed by atoms with van der Waals surface area (Å²) in [5.41, 5.74) is 5.53. The highest BCUT2D eigenvalue weighted by molar-refractivity contribution is 7.89. The van der Waals surface area contributed by atoms with E-state index < -0.39 is 10.0 Å². The summed E-state index contributed by atoms with van der Waals surface area (Å²) in [6.45, 7) is 7.86. The molecule has 0 aliphatic carbocycles. The van der Waals surface area contributed by atoms with Crippen LogP contribution in [0.5, 0.6) is 0 Å². The van der Waals surface area contributed by atoms with Crippen LogP contribution in [0.4, 0.5) is 0 Å². The maximum Gasteiger partial charge on any atom is 0.244 e.